The summed E-state index contributed by atoms with van der Waals surface area (Å²) >= 11 is 0. The van der Waals surface area contributed by atoms with E-state index in [4.69, 9.17) is 0 Å². The summed E-state index contributed by atoms with van der Waals surface area (Å²) in [5.41, 5.74) is 2.49. The maximum absolute atomic E-state index is 10.8. The molecule has 3 nitrogen and oxygen atoms in total. The Kier molecular flexibility index (Phi) is 1.90. The maximum atomic E-state index is 10.8. The quantitative estimate of drug-likeness (QED) is 0.577. The van der Waals surface area contributed by atoms with E-state index in [-0.39, 0.29) is 0 Å². The minimum atomic E-state index is 0.668. The molecule has 1 aromatic carbocycles. The van der Waals surface area contributed by atoms with Crippen molar-refractivity contribution in [2.45, 2.75) is 0 Å². The van der Waals surface area contributed by atoms with Crippen LogP contribution in [0.25, 0.3) is 22.0 Å². The van der Waals surface area contributed by atoms with Crippen molar-refractivity contribution in [1.29, 1.82) is 0 Å². The molecule has 0 atom stereocenters. The summed E-state index contributed by atoms with van der Waals surface area (Å²) in [4.78, 5) is 10.8. The van der Waals surface area contributed by atoms with E-state index in [0.717, 1.165) is 28.3 Å². The van der Waals surface area contributed by atoms with Gasteiger partial charge in [0.25, 0.3) is 0 Å². The van der Waals surface area contributed by atoms with Crippen LogP contribution in [0.4, 0.5) is 0 Å². The molecule has 3 rings (SSSR count). The summed E-state index contributed by atoms with van der Waals surface area (Å²) in [6, 6.07) is 11.5. The second kappa shape index (κ2) is 3.38. The van der Waals surface area contributed by atoms with Crippen LogP contribution in [-0.2, 0) is 0 Å². The molecule has 0 saturated carbocycles. The normalized spacial score (nSPS) is 10.8. The number of hydrogen-bond donors (Lipinski definition) is 0. The fourth-order valence-corrected chi connectivity index (χ4v) is 1.87. The predicted molar refractivity (Wildman–Crippen MR) is 61.5 cm³/mol. The van der Waals surface area contributed by atoms with Crippen molar-refractivity contribution in [2.75, 3.05) is 0 Å². The van der Waals surface area contributed by atoms with Gasteiger partial charge in [0.2, 0.25) is 0 Å². The summed E-state index contributed by atoms with van der Waals surface area (Å²) < 4.78 is 0. The fraction of sp³-hybridized carbons (Fsp3) is 0. The molecule has 1 heterocycles. The van der Waals surface area contributed by atoms with Gasteiger partial charge in [-0.25, -0.2) is 0 Å². The van der Waals surface area contributed by atoms with Gasteiger partial charge in [0.05, 0.1) is 11.9 Å². The van der Waals surface area contributed by atoms with E-state index in [1.165, 1.54) is 0 Å². The lowest BCUT2D eigenvalue weighted by molar-refractivity contribution is 0.112. The van der Waals surface area contributed by atoms with E-state index >= 15 is 0 Å². The molecule has 0 radical (unpaired) electrons. The molecule has 0 N–H and O–H groups in total. The van der Waals surface area contributed by atoms with Crippen LogP contribution in [0.2, 0.25) is 0 Å². The number of benzene rings is 1. The third kappa shape index (κ3) is 1.26. The molecule has 3 heteroatoms. The van der Waals surface area contributed by atoms with E-state index < -0.39 is 0 Å². The molecule has 0 saturated heterocycles. The number of fused-ring (bicyclic) bond motifs is 3. The number of carbonyl (C=O) groups excluding carboxylic acids is 1. The Labute approximate surface area is 92.1 Å². The van der Waals surface area contributed by atoms with Crippen molar-refractivity contribution in [2.24, 2.45) is 0 Å². The van der Waals surface area contributed by atoms with Crippen LogP contribution < -0.4 is 0 Å². The van der Waals surface area contributed by atoms with Gasteiger partial charge in [-0.3, -0.25) is 4.79 Å². The van der Waals surface area contributed by atoms with Gasteiger partial charge in [-0.15, -0.1) is 0 Å². The summed E-state index contributed by atoms with van der Waals surface area (Å²) in [5.74, 6) is 0. The second-order valence-electron chi connectivity index (χ2n) is 3.63. The average Bonchev–Trinajstić information content (AvgIpc) is 2.71. The van der Waals surface area contributed by atoms with E-state index in [1.54, 1.807) is 6.20 Å². The van der Waals surface area contributed by atoms with Crippen molar-refractivity contribution >= 4 is 17.1 Å². The van der Waals surface area contributed by atoms with E-state index in [9.17, 15) is 4.79 Å². The van der Waals surface area contributed by atoms with Crippen LogP contribution in [-0.4, -0.2) is 16.5 Å². The Bertz CT molecular complexity index is 649. The van der Waals surface area contributed by atoms with Crippen molar-refractivity contribution in [3.8, 4) is 11.3 Å². The van der Waals surface area contributed by atoms with Crippen LogP contribution in [0.5, 0.6) is 0 Å². The summed E-state index contributed by atoms with van der Waals surface area (Å²) in [6.45, 7) is 0. The van der Waals surface area contributed by atoms with Gasteiger partial charge in [0.15, 0.2) is 0 Å². The van der Waals surface area contributed by atoms with Gasteiger partial charge in [-0.05, 0) is 22.9 Å². The van der Waals surface area contributed by atoms with Crippen LogP contribution in [0.1, 0.15) is 10.4 Å². The summed E-state index contributed by atoms with van der Waals surface area (Å²) in [6.07, 6.45) is 2.58. The minimum Gasteiger partial charge on any atom is -0.298 e. The molecular weight excluding hydrogens is 200 g/mol. The molecule has 0 aromatic heterocycles. The average molecular weight is 208 g/mol. The minimum absolute atomic E-state index is 0.668. The molecule has 0 amide bonds. The third-order valence-electron chi connectivity index (χ3n) is 2.66. The SMILES string of the molecule is O=Cc1ccc2cccc3nncc-3c2c1. The second-order valence-corrected chi connectivity index (χ2v) is 3.63. The van der Waals surface area contributed by atoms with Crippen molar-refractivity contribution in [1.82, 2.24) is 10.2 Å². The monoisotopic (exact) mass is 208 g/mol. The highest BCUT2D eigenvalue weighted by atomic mass is 16.1. The Morgan fingerprint density at radius 1 is 1.12 bits per heavy atom. The highest BCUT2D eigenvalue weighted by molar-refractivity contribution is 5.98. The topological polar surface area (TPSA) is 42.9 Å². The predicted octanol–water partition coefficient (Wildman–Crippen LogP) is 2.55. The van der Waals surface area contributed by atoms with Crippen LogP contribution >= 0.6 is 0 Å². The highest BCUT2D eigenvalue weighted by Gasteiger charge is 2.07. The molecule has 16 heavy (non-hydrogen) atoms. The van der Waals surface area contributed by atoms with Gasteiger partial charge in [0.1, 0.15) is 6.29 Å². The van der Waals surface area contributed by atoms with Gasteiger partial charge < -0.3 is 0 Å². The molecule has 76 valence electrons. The Balaban J connectivity index is 2.48. The van der Waals surface area contributed by atoms with E-state index in [2.05, 4.69) is 10.2 Å². The lowest BCUT2D eigenvalue weighted by Gasteiger charge is -1.97. The molecule has 1 aliphatic carbocycles. The van der Waals surface area contributed by atoms with E-state index in [1.807, 2.05) is 36.4 Å². The lowest BCUT2D eigenvalue weighted by atomic mass is 10.1. The molecule has 2 aliphatic rings. The number of aldehydes is 1. The van der Waals surface area contributed by atoms with Crippen LogP contribution in [0.15, 0.2) is 42.6 Å². The molecule has 1 aromatic rings. The number of carbonyl (C=O) groups is 1. The number of hydrogen-bond acceptors (Lipinski definition) is 3. The molecule has 1 aliphatic heterocycles. The van der Waals surface area contributed by atoms with E-state index in [0.29, 0.717) is 5.56 Å². The zero-order valence-corrected chi connectivity index (χ0v) is 8.42. The maximum Gasteiger partial charge on any atom is 0.150 e. The first-order valence-corrected chi connectivity index (χ1v) is 4.98. The van der Waals surface area contributed by atoms with Gasteiger partial charge >= 0.3 is 0 Å². The first-order valence-electron chi connectivity index (χ1n) is 4.98. The third-order valence-corrected chi connectivity index (χ3v) is 2.66. The summed E-state index contributed by atoms with van der Waals surface area (Å²) in [5, 5.41) is 10.0. The Morgan fingerprint density at radius 2 is 2.06 bits per heavy atom. The molecule has 0 spiro atoms. The van der Waals surface area contributed by atoms with Crippen LogP contribution in [0.3, 0.4) is 0 Å². The number of aromatic nitrogens is 2. The smallest absolute Gasteiger partial charge is 0.150 e. The zero-order chi connectivity index (χ0) is 11.0. The van der Waals surface area contributed by atoms with Crippen molar-refractivity contribution in [3.05, 3.63) is 48.2 Å². The highest BCUT2D eigenvalue weighted by Crippen LogP contribution is 2.27. The molecule has 0 unspecified atom stereocenters. The lowest BCUT2D eigenvalue weighted by Crippen LogP contribution is -1.80. The van der Waals surface area contributed by atoms with Gasteiger partial charge in [0, 0.05) is 11.1 Å². The number of nitrogens with zero attached hydrogens (tertiary/aromatic N) is 2. The van der Waals surface area contributed by atoms with Crippen molar-refractivity contribution < 1.29 is 4.79 Å². The molecular formula is C13H8N2O. The standard InChI is InChI=1S/C13H8N2O/c16-8-9-4-5-10-2-1-3-13-12(7-14-15-13)11(10)6-9/h1-8H. The fourth-order valence-electron chi connectivity index (χ4n) is 1.87. The first kappa shape index (κ1) is 8.97. The Morgan fingerprint density at radius 3 is 2.94 bits per heavy atom. The van der Waals surface area contributed by atoms with Crippen molar-refractivity contribution in [3.63, 3.8) is 0 Å². The first-order chi connectivity index (χ1) is 7.88. The largest absolute Gasteiger partial charge is 0.298 e. The molecule has 0 fully saturated rings. The zero-order valence-electron chi connectivity index (χ0n) is 8.42. The van der Waals surface area contributed by atoms with Crippen LogP contribution in [0, 0.1) is 0 Å². The van der Waals surface area contributed by atoms with Gasteiger partial charge in [-0.2, -0.15) is 10.2 Å². The van der Waals surface area contributed by atoms with Gasteiger partial charge in [-0.1, -0.05) is 24.3 Å². The Hall–Kier alpha value is -2.29. The molecule has 0 bridgehead atoms. The summed E-state index contributed by atoms with van der Waals surface area (Å²) in [7, 11) is 0. The number of rotatable bonds is 1.